The average molecular weight is 1190 g/mol. The molecule has 0 unspecified atom stereocenters. The summed E-state index contributed by atoms with van der Waals surface area (Å²) >= 11 is 0. The lowest BCUT2D eigenvalue weighted by molar-refractivity contribution is -0.346. The summed E-state index contributed by atoms with van der Waals surface area (Å²) in [6.45, 7) is 10.3. The van der Waals surface area contributed by atoms with Gasteiger partial charge in [-0.05, 0) is 61.2 Å². The van der Waals surface area contributed by atoms with Gasteiger partial charge in [-0.2, -0.15) is 0 Å². The minimum absolute atomic E-state index is 0.00289. The van der Waals surface area contributed by atoms with E-state index < -0.39 is 119 Å². The van der Waals surface area contributed by atoms with E-state index in [1.807, 2.05) is 0 Å². The van der Waals surface area contributed by atoms with Crippen molar-refractivity contribution in [2.75, 3.05) is 6.61 Å². The van der Waals surface area contributed by atoms with Crippen LogP contribution in [0, 0.1) is 16.7 Å². The Bertz CT molecular complexity index is 2750. The number of carboxylic acids is 1. The fourth-order valence-electron chi connectivity index (χ4n) is 13.5. The zero-order valence-electron chi connectivity index (χ0n) is 51.7. The monoisotopic (exact) mass is 1190 g/mol. The summed E-state index contributed by atoms with van der Waals surface area (Å²) in [5.74, 6) is -7.49. The first kappa shape index (κ1) is 68.8. The Morgan fingerprint density at radius 2 is 1.16 bits per heavy atom. The largest absolute Gasteiger partial charge is 0.481 e. The second-order valence-corrected chi connectivity index (χ2v) is 24.9. The van der Waals surface area contributed by atoms with Crippen molar-refractivity contribution in [1.29, 1.82) is 0 Å². The number of carbonyl (C=O) groups excluding carboxylic acids is 6. The second kappa shape index (κ2) is 32.1. The van der Waals surface area contributed by atoms with Gasteiger partial charge in [-0.25, -0.2) is 9.59 Å². The predicted octanol–water partition coefficient (Wildman–Crippen LogP) is 11.6. The normalized spacial score (nSPS) is 26.0. The fourth-order valence-corrected chi connectivity index (χ4v) is 13.5. The van der Waals surface area contributed by atoms with E-state index in [2.05, 4.69) is 12.2 Å². The number of fused-ring (bicyclic) bond motifs is 5. The van der Waals surface area contributed by atoms with E-state index in [1.54, 1.807) is 92.7 Å². The highest BCUT2D eigenvalue weighted by Crippen LogP contribution is 2.64. The Kier molecular flexibility index (Phi) is 25.7. The highest BCUT2D eigenvalue weighted by Gasteiger charge is 2.78. The number of ketones is 1. The minimum atomic E-state index is -2.39. The number of aliphatic hydroxyl groups excluding tert-OH is 2. The van der Waals surface area contributed by atoms with E-state index in [9.17, 15) is 44.1 Å². The molecule has 0 radical (unpaired) electrons. The van der Waals surface area contributed by atoms with Crippen molar-refractivity contribution in [2.24, 2.45) is 16.7 Å². The zero-order valence-corrected chi connectivity index (χ0v) is 51.7. The van der Waals surface area contributed by atoms with Crippen molar-refractivity contribution in [3.05, 3.63) is 119 Å². The summed E-state index contributed by atoms with van der Waals surface area (Å²) in [5.41, 5.74) is -7.02. The highest BCUT2D eigenvalue weighted by atomic mass is 16.6. The van der Waals surface area contributed by atoms with Gasteiger partial charge >= 0.3 is 29.8 Å². The molecule has 0 spiro atoms. The van der Waals surface area contributed by atoms with Gasteiger partial charge in [-0.3, -0.25) is 24.0 Å². The molecule has 5 N–H and O–H groups in total. The molecule has 2 saturated carbocycles. The van der Waals surface area contributed by atoms with E-state index in [0.29, 0.717) is 12.0 Å². The molecule has 472 valence electrons. The molecule has 17 nitrogen and oxygen atoms in total. The minimum Gasteiger partial charge on any atom is -0.481 e. The maximum absolute atomic E-state index is 15.5. The van der Waals surface area contributed by atoms with Crippen molar-refractivity contribution in [3.8, 4) is 0 Å². The Hall–Kier alpha value is -6.27. The maximum Gasteiger partial charge on any atom is 0.338 e. The van der Waals surface area contributed by atoms with Crippen LogP contribution in [-0.4, -0.2) is 116 Å². The number of carbonyl (C=O) groups is 7. The third-order valence-electron chi connectivity index (χ3n) is 18.5. The van der Waals surface area contributed by atoms with Gasteiger partial charge in [0.2, 0.25) is 0 Å². The van der Waals surface area contributed by atoms with Crippen molar-refractivity contribution in [3.63, 3.8) is 0 Å². The van der Waals surface area contributed by atoms with E-state index in [-0.39, 0.29) is 35.3 Å². The molecule has 4 aliphatic rings. The number of amides is 1. The lowest BCUT2D eigenvalue weighted by atomic mass is 9.44. The standard InChI is InChI=1S/C47H51NO14.C22H44O2/c1-25-31(60-43(56)36(52)35(28-16-10-7-11-17-28)48-41(54)29-18-12-8-13-19-29)23-47(57)40(61-42(55)30-20-14-9-15-21-30)38-45(6,32(51)22-33-46(38,24-58-33)62-27(3)50)39(53)37(59-26(2)49)34(25)44(47,4)5;1-2-3-4-5-6-7-8-9-10-11-12-13-14-15-16-17-18-19-20-21-22(23)24/h7-21,31-33,35-38,40,51-52,57H,22-24H2,1-6H3,(H,48,54);2-21H2,1H3,(H,23,24)/t31-,32-,33+,35-,36+,37+,38-,40-,45+,46-,47+;/m0./s1. The van der Waals surface area contributed by atoms with Gasteiger partial charge in [-0.15, -0.1) is 0 Å². The molecule has 2 bridgehead atoms. The number of nitrogens with one attached hydrogen (secondary N) is 1. The number of Topliss-reactive ketones (excluding diaryl/α,β-unsaturated/α-hetero) is 1. The third kappa shape index (κ3) is 16.7. The molecule has 1 aliphatic heterocycles. The van der Waals surface area contributed by atoms with Gasteiger partial charge in [0.05, 0.1) is 35.6 Å². The fraction of sp³-hybridized carbons (Fsp3) is 0.609. The number of ether oxygens (including phenoxy) is 5. The van der Waals surface area contributed by atoms with Crippen molar-refractivity contribution < 1.29 is 77.7 Å². The molecule has 3 aromatic carbocycles. The number of hydrogen-bond acceptors (Lipinski definition) is 15. The molecule has 1 heterocycles. The van der Waals surface area contributed by atoms with Crippen LogP contribution in [0.1, 0.15) is 222 Å². The first-order chi connectivity index (χ1) is 41.0. The predicted molar refractivity (Wildman–Crippen MR) is 323 cm³/mol. The van der Waals surface area contributed by atoms with Gasteiger partial charge in [0.25, 0.3) is 5.91 Å². The van der Waals surface area contributed by atoms with Crippen molar-refractivity contribution in [1.82, 2.24) is 5.32 Å². The summed E-state index contributed by atoms with van der Waals surface area (Å²) in [6, 6.07) is 22.9. The summed E-state index contributed by atoms with van der Waals surface area (Å²) in [5, 5.41) is 48.8. The van der Waals surface area contributed by atoms with Gasteiger partial charge in [-0.1, -0.05) is 203 Å². The number of carboxylic acid groups (broad SMARTS) is 1. The van der Waals surface area contributed by atoms with E-state index in [1.165, 1.54) is 135 Å². The second-order valence-electron chi connectivity index (χ2n) is 24.9. The number of unbranched alkanes of at least 4 members (excludes halogenated alkanes) is 18. The van der Waals surface area contributed by atoms with Crippen molar-refractivity contribution >= 4 is 41.5 Å². The number of rotatable bonds is 30. The van der Waals surface area contributed by atoms with E-state index in [4.69, 9.17) is 28.8 Å². The average Bonchev–Trinajstić information content (AvgIpc) is 0.673. The number of esters is 4. The molecule has 3 fully saturated rings. The zero-order chi connectivity index (χ0) is 62.7. The van der Waals surface area contributed by atoms with Gasteiger partial charge in [0, 0.05) is 44.1 Å². The summed E-state index contributed by atoms with van der Waals surface area (Å²) in [6.07, 6.45) is 15.6. The first-order valence-corrected chi connectivity index (χ1v) is 31.5. The SMILES string of the molecule is CC(=O)O[C@H]1C(=O)[C@@]2(C)[C@H]([C@H](OC(=O)c3ccccc3)[C@]3(O)C[C@H](OC(=O)[C@H](O)[C@@H](NC(=O)c4ccccc4)c4ccccc4)C(C)=C1C3(C)C)[C@]1(OC(C)=O)CO[C@@H]1C[C@@H]2O.CCCCCCCCCCCCCCCCCCCCCC(=O)O. The molecule has 11 atom stereocenters. The Morgan fingerprint density at radius 1 is 0.674 bits per heavy atom. The van der Waals surface area contributed by atoms with Crippen LogP contribution in [0.3, 0.4) is 0 Å². The van der Waals surface area contributed by atoms with Gasteiger partial charge in [0.1, 0.15) is 23.9 Å². The summed E-state index contributed by atoms with van der Waals surface area (Å²) < 4.78 is 30.3. The number of aliphatic hydroxyl groups is 3. The molecule has 86 heavy (non-hydrogen) atoms. The van der Waals surface area contributed by atoms with Crippen LogP contribution in [0.4, 0.5) is 0 Å². The lowest BCUT2D eigenvalue weighted by Crippen LogP contribution is -2.82. The Labute approximate surface area is 508 Å². The van der Waals surface area contributed by atoms with Crippen LogP contribution in [-0.2, 0) is 47.7 Å². The first-order valence-electron chi connectivity index (χ1n) is 31.5. The Balaban J connectivity index is 0.000000417. The molecule has 3 aliphatic carbocycles. The van der Waals surface area contributed by atoms with Crippen LogP contribution in [0.25, 0.3) is 0 Å². The van der Waals surface area contributed by atoms with E-state index >= 15 is 4.79 Å². The molecule has 1 saturated heterocycles. The summed E-state index contributed by atoms with van der Waals surface area (Å²) in [4.78, 5) is 93.8. The van der Waals surface area contributed by atoms with Crippen LogP contribution in [0.2, 0.25) is 0 Å². The quantitative estimate of drug-likeness (QED) is 0.0180. The molecule has 0 aromatic heterocycles. The molecule has 1 amide bonds. The molecule has 17 heteroatoms. The van der Waals surface area contributed by atoms with Crippen LogP contribution in [0.5, 0.6) is 0 Å². The topological polar surface area (TPSA) is 259 Å². The molecule has 3 aromatic rings. The van der Waals surface area contributed by atoms with Crippen LogP contribution in [0.15, 0.2) is 102 Å². The third-order valence-corrected chi connectivity index (χ3v) is 18.5. The van der Waals surface area contributed by atoms with Gasteiger partial charge < -0.3 is 49.4 Å². The van der Waals surface area contributed by atoms with Crippen LogP contribution >= 0.6 is 0 Å². The van der Waals surface area contributed by atoms with Crippen LogP contribution < -0.4 is 5.32 Å². The summed E-state index contributed by atoms with van der Waals surface area (Å²) in [7, 11) is 0. The number of hydrogen-bond donors (Lipinski definition) is 5. The number of aliphatic carboxylic acids is 1. The molecular weight excluding hydrogens is 1100 g/mol. The number of benzene rings is 3. The highest BCUT2D eigenvalue weighted by molar-refractivity contribution is 5.96. The molecular formula is C69H95NO16. The van der Waals surface area contributed by atoms with Crippen molar-refractivity contribution in [2.45, 2.75) is 244 Å². The smallest absolute Gasteiger partial charge is 0.338 e. The Morgan fingerprint density at radius 3 is 1.63 bits per heavy atom. The van der Waals surface area contributed by atoms with Gasteiger partial charge in [0.15, 0.2) is 23.6 Å². The molecule has 7 rings (SSSR count). The van der Waals surface area contributed by atoms with E-state index in [0.717, 1.165) is 26.7 Å². The maximum atomic E-state index is 15.5. The lowest BCUT2D eigenvalue weighted by Gasteiger charge is -2.67.